The van der Waals surface area contributed by atoms with Crippen LogP contribution in [0.2, 0.25) is 0 Å². The van der Waals surface area contributed by atoms with Crippen LogP contribution in [-0.2, 0) is 19.1 Å². The van der Waals surface area contributed by atoms with E-state index in [2.05, 4.69) is 27.2 Å². The highest BCUT2D eigenvalue weighted by Gasteiger charge is 2.16. The quantitative estimate of drug-likeness (QED) is 0.0260. The normalized spacial score (nSPS) is 11.2. The van der Waals surface area contributed by atoms with Crippen molar-refractivity contribution >= 4 is 36.1 Å². The van der Waals surface area contributed by atoms with Crippen molar-refractivity contribution in [3.8, 4) is 33.9 Å². The number of nitrogens with one attached hydrogen (secondary N) is 3. The summed E-state index contributed by atoms with van der Waals surface area (Å²) in [6.07, 6.45) is 32.6. The van der Waals surface area contributed by atoms with Crippen LogP contribution in [-0.4, -0.2) is 56.0 Å². The highest BCUT2D eigenvalue weighted by Crippen LogP contribution is 2.34. The molecule has 4 N–H and O–H groups in total. The van der Waals surface area contributed by atoms with E-state index in [9.17, 15) is 14.4 Å². The number of carbonyl (C=O) groups is 3. The lowest BCUT2D eigenvalue weighted by molar-refractivity contribution is -0.137. The van der Waals surface area contributed by atoms with Gasteiger partial charge in [0.25, 0.3) is 0 Å². The minimum absolute atomic E-state index is 0.0895. The highest BCUT2D eigenvalue weighted by atomic mass is 16.5. The van der Waals surface area contributed by atoms with Crippen molar-refractivity contribution in [1.82, 2.24) is 25.3 Å². The number of amides is 1. The zero-order chi connectivity index (χ0) is 43.3. The van der Waals surface area contributed by atoms with Crippen LogP contribution in [0.25, 0.3) is 52.1 Å². The smallest absolute Gasteiger partial charge is 0.330 e. The standard InChI is InChI=1S/C48H59N3O5.C3H4N2/c1-3-5-6-7-8-9-10-11-12-13-14-15-16-17-36-49-43(52)33-24-37-18-27-40(28-19-37)46-47(41-29-20-38(21-30-41)25-34-44(53)54)51-48(50-46)42-31-22-39(23-32-42)26-35-45(55)56-4-2;1-2-5-3-4-1/h18-35H,3-17,36H2,1-2H3,(H,49,52)(H,50,51)(H,53,54);1-3H,(H,4,5)/b33-24?,34-25+,35-26+;. The topological polar surface area (TPSA) is 150 Å². The summed E-state index contributed by atoms with van der Waals surface area (Å²) >= 11 is 0. The Bertz CT molecular complexity index is 2060. The first-order valence-electron chi connectivity index (χ1n) is 21.9. The molecule has 0 atom stereocenters. The van der Waals surface area contributed by atoms with E-state index in [1.807, 2.05) is 78.9 Å². The van der Waals surface area contributed by atoms with Gasteiger partial charge in [0.05, 0.1) is 24.3 Å². The van der Waals surface area contributed by atoms with Crippen molar-refractivity contribution in [3.63, 3.8) is 0 Å². The fraction of sp³-hybridized carbons (Fsp3) is 0.353. The lowest BCUT2D eigenvalue weighted by Gasteiger charge is -2.05. The lowest BCUT2D eigenvalue weighted by atomic mass is 10.0. The number of H-pyrrole nitrogens is 2. The van der Waals surface area contributed by atoms with Crippen LogP contribution >= 0.6 is 0 Å². The third kappa shape index (κ3) is 18.7. The van der Waals surface area contributed by atoms with Crippen LogP contribution in [0.5, 0.6) is 0 Å². The van der Waals surface area contributed by atoms with Crippen LogP contribution < -0.4 is 5.32 Å². The molecular formula is C51H63N5O5. The molecule has 0 radical (unpaired) electrons. The number of benzene rings is 3. The van der Waals surface area contributed by atoms with Crippen molar-refractivity contribution in [2.24, 2.45) is 0 Å². The van der Waals surface area contributed by atoms with Crippen LogP contribution in [0.3, 0.4) is 0 Å². The second-order valence-corrected chi connectivity index (χ2v) is 14.9. The summed E-state index contributed by atoms with van der Waals surface area (Å²) in [6.45, 7) is 5.05. The van der Waals surface area contributed by atoms with Gasteiger partial charge in [-0.2, -0.15) is 0 Å². The summed E-state index contributed by atoms with van der Waals surface area (Å²) in [5.74, 6) is -0.810. The number of aliphatic carboxylic acids is 1. The Kier molecular flexibility index (Phi) is 21.9. The van der Waals surface area contributed by atoms with E-state index in [0.717, 1.165) is 63.7 Å². The maximum atomic E-state index is 12.5. The summed E-state index contributed by atoms with van der Waals surface area (Å²) in [5.41, 5.74) is 6.73. The van der Waals surface area contributed by atoms with E-state index in [0.29, 0.717) is 19.0 Å². The molecule has 0 saturated carbocycles. The number of hydrogen-bond donors (Lipinski definition) is 4. The molecule has 0 saturated heterocycles. The second-order valence-electron chi connectivity index (χ2n) is 14.9. The summed E-state index contributed by atoms with van der Waals surface area (Å²) in [4.78, 5) is 50.2. The minimum atomic E-state index is -1.00. The predicted molar refractivity (Wildman–Crippen MR) is 248 cm³/mol. The number of carboxylic acids is 1. The van der Waals surface area contributed by atoms with E-state index in [1.165, 1.54) is 83.1 Å². The Morgan fingerprint density at radius 2 is 1.15 bits per heavy atom. The molecule has 61 heavy (non-hydrogen) atoms. The maximum absolute atomic E-state index is 12.5. The van der Waals surface area contributed by atoms with Crippen LogP contribution in [0.1, 0.15) is 120 Å². The van der Waals surface area contributed by atoms with Gasteiger partial charge in [-0.1, -0.05) is 163 Å². The lowest BCUT2D eigenvalue weighted by Crippen LogP contribution is -2.21. The first-order chi connectivity index (χ1) is 29.9. The van der Waals surface area contributed by atoms with Crippen molar-refractivity contribution in [2.45, 2.75) is 104 Å². The number of unbranched alkanes of at least 4 members (excludes halogenated alkanes) is 13. The van der Waals surface area contributed by atoms with E-state index >= 15 is 0 Å². The Balaban J connectivity index is 0.00000152. The number of aromatic nitrogens is 4. The number of esters is 1. The number of imidazole rings is 2. The molecule has 0 spiro atoms. The monoisotopic (exact) mass is 825 g/mol. The molecule has 1 amide bonds. The molecule has 0 unspecified atom stereocenters. The van der Waals surface area contributed by atoms with Gasteiger partial charge >= 0.3 is 11.9 Å². The molecular weight excluding hydrogens is 763 g/mol. The number of ether oxygens (including phenoxy) is 1. The molecule has 3 aromatic carbocycles. The number of nitrogens with zero attached hydrogens (tertiary/aromatic N) is 2. The molecule has 0 aliphatic heterocycles. The SMILES string of the molecule is CCCCCCCCCCCCCCCCNC(=O)C=Cc1ccc(-c2[nH]c(-c3ccc(/C=C/C(=O)OCC)cc3)nc2-c2ccc(/C=C/C(=O)O)cc2)cc1.c1c[nH]cn1. The molecule has 5 rings (SSSR count). The van der Waals surface area contributed by atoms with Gasteiger partial charge in [-0.05, 0) is 48.3 Å². The van der Waals surface area contributed by atoms with Gasteiger partial charge in [0.15, 0.2) is 0 Å². The summed E-state index contributed by atoms with van der Waals surface area (Å²) in [7, 11) is 0. The fourth-order valence-corrected chi connectivity index (χ4v) is 6.69. The number of aromatic amines is 2. The number of carboxylic acid groups (broad SMARTS) is 1. The molecule has 0 bridgehead atoms. The first kappa shape index (κ1) is 47.4. The Morgan fingerprint density at radius 1 is 0.639 bits per heavy atom. The van der Waals surface area contributed by atoms with Gasteiger partial charge < -0.3 is 25.1 Å². The summed E-state index contributed by atoms with van der Waals surface area (Å²) < 4.78 is 4.97. The Morgan fingerprint density at radius 3 is 1.64 bits per heavy atom. The molecule has 0 aliphatic rings. The number of hydrogen-bond acceptors (Lipinski definition) is 6. The Hall–Kier alpha value is -6.29. The fourth-order valence-electron chi connectivity index (χ4n) is 6.69. The molecule has 322 valence electrons. The predicted octanol–water partition coefficient (Wildman–Crippen LogP) is 12.1. The maximum Gasteiger partial charge on any atom is 0.330 e. The molecule has 0 fully saturated rings. The van der Waals surface area contributed by atoms with Gasteiger partial charge in [0.1, 0.15) is 5.82 Å². The van der Waals surface area contributed by atoms with Crippen LogP contribution in [0.15, 0.2) is 110 Å². The first-order valence-corrected chi connectivity index (χ1v) is 21.9. The zero-order valence-corrected chi connectivity index (χ0v) is 35.9. The van der Waals surface area contributed by atoms with Crippen molar-refractivity contribution in [3.05, 3.63) is 126 Å². The van der Waals surface area contributed by atoms with Crippen molar-refractivity contribution in [2.75, 3.05) is 13.2 Å². The Labute approximate surface area is 361 Å². The number of rotatable bonds is 25. The average molecular weight is 826 g/mol. The van der Waals surface area contributed by atoms with Gasteiger partial charge in [-0.3, -0.25) is 4.79 Å². The van der Waals surface area contributed by atoms with Crippen molar-refractivity contribution < 1.29 is 24.2 Å². The van der Waals surface area contributed by atoms with Gasteiger partial charge in [-0.25, -0.2) is 19.6 Å². The molecule has 2 aromatic heterocycles. The third-order valence-corrected chi connectivity index (χ3v) is 10.1. The largest absolute Gasteiger partial charge is 0.478 e. The molecule has 10 heteroatoms. The van der Waals surface area contributed by atoms with Gasteiger partial charge in [-0.15, -0.1) is 0 Å². The third-order valence-electron chi connectivity index (χ3n) is 10.1. The van der Waals surface area contributed by atoms with E-state index < -0.39 is 5.97 Å². The van der Waals surface area contributed by atoms with Crippen LogP contribution in [0, 0.1) is 0 Å². The molecule has 10 nitrogen and oxygen atoms in total. The second kappa shape index (κ2) is 28.2. The highest BCUT2D eigenvalue weighted by molar-refractivity contribution is 5.92. The van der Waals surface area contributed by atoms with E-state index in [1.54, 1.807) is 43.9 Å². The van der Waals surface area contributed by atoms with Crippen molar-refractivity contribution in [1.29, 1.82) is 0 Å². The van der Waals surface area contributed by atoms with Gasteiger partial charge in [0, 0.05) is 53.9 Å². The average Bonchev–Trinajstić information content (AvgIpc) is 4.02. The van der Waals surface area contributed by atoms with E-state index in [4.69, 9.17) is 14.8 Å². The summed E-state index contributed by atoms with van der Waals surface area (Å²) in [5, 5.41) is 12.0. The van der Waals surface area contributed by atoms with Gasteiger partial charge in [0.2, 0.25) is 5.91 Å². The molecule has 2 heterocycles. The molecule has 0 aliphatic carbocycles. The summed E-state index contributed by atoms with van der Waals surface area (Å²) in [6, 6.07) is 23.2. The van der Waals surface area contributed by atoms with Crippen LogP contribution in [0.4, 0.5) is 0 Å². The van der Waals surface area contributed by atoms with E-state index in [-0.39, 0.29) is 11.9 Å². The minimum Gasteiger partial charge on any atom is -0.478 e. The number of carbonyl (C=O) groups excluding carboxylic acids is 2. The zero-order valence-electron chi connectivity index (χ0n) is 35.9. The molecule has 5 aromatic rings.